The number of ether oxygens (including phenoxy) is 1. The monoisotopic (exact) mass is 218 g/mol. The molecule has 0 fully saturated rings. The molecular formula is C8H11BrO2. The number of hydrogen-bond donors (Lipinski definition) is 0. The molecule has 1 aliphatic carbocycles. The van der Waals surface area contributed by atoms with Gasteiger partial charge in [-0.1, -0.05) is 15.9 Å². The Morgan fingerprint density at radius 3 is 3.09 bits per heavy atom. The summed E-state index contributed by atoms with van der Waals surface area (Å²) in [5, 5.41) is 0. The molecule has 0 saturated heterocycles. The van der Waals surface area contributed by atoms with Gasteiger partial charge in [-0.25, -0.2) is 0 Å². The fourth-order valence-corrected chi connectivity index (χ4v) is 1.69. The molecule has 0 saturated carbocycles. The highest BCUT2D eigenvalue weighted by atomic mass is 79.9. The minimum absolute atomic E-state index is 0.234. The lowest BCUT2D eigenvalue weighted by Crippen LogP contribution is -2.12. The van der Waals surface area contributed by atoms with Gasteiger partial charge >= 0.3 is 5.97 Å². The molecule has 0 N–H and O–H groups in total. The number of esters is 1. The third-order valence-electron chi connectivity index (χ3n) is 1.58. The van der Waals surface area contributed by atoms with E-state index in [1.165, 1.54) is 13.3 Å². The Bertz CT molecular complexity index is 187. The van der Waals surface area contributed by atoms with Crippen molar-refractivity contribution in [2.24, 2.45) is 0 Å². The largest absolute Gasteiger partial charge is 0.430 e. The van der Waals surface area contributed by atoms with Crippen molar-refractivity contribution < 1.29 is 9.53 Å². The molecule has 11 heavy (non-hydrogen) atoms. The zero-order valence-electron chi connectivity index (χ0n) is 6.47. The van der Waals surface area contributed by atoms with Crippen molar-refractivity contribution in [2.75, 3.05) is 0 Å². The molecule has 0 amide bonds. The van der Waals surface area contributed by atoms with Gasteiger partial charge in [0.25, 0.3) is 0 Å². The maximum atomic E-state index is 10.6. The predicted octanol–water partition coefficient (Wildman–Crippen LogP) is 2.38. The first-order valence-corrected chi connectivity index (χ1v) is 4.64. The minimum atomic E-state index is -0.234. The van der Waals surface area contributed by atoms with Crippen LogP contribution in [0, 0.1) is 0 Å². The van der Waals surface area contributed by atoms with Crippen LogP contribution in [0.3, 0.4) is 0 Å². The Balaban J connectivity index is 2.53. The second-order valence-electron chi connectivity index (χ2n) is 2.60. The molecule has 0 aliphatic heterocycles. The van der Waals surface area contributed by atoms with Gasteiger partial charge in [-0.05, 0) is 25.3 Å². The molecule has 0 bridgehead atoms. The Morgan fingerprint density at radius 1 is 1.82 bits per heavy atom. The fraction of sp³-hybridized carbons (Fsp3) is 0.625. The molecule has 0 aromatic rings. The molecule has 1 rings (SSSR count). The van der Waals surface area contributed by atoms with E-state index in [4.69, 9.17) is 4.74 Å². The zero-order chi connectivity index (χ0) is 8.27. The highest BCUT2D eigenvalue weighted by Gasteiger charge is 2.16. The summed E-state index contributed by atoms with van der Waals surface area (Å²) in [7, 11) is 0. The average Bonchev–Trinajstić information content (AvgIpc) is 1.93. The molecule has 0 spiro atoms. The van der Waals surface area contributed by atoms with E-state index in [-0.39, 0.29) is 10.8 Å². The van der Waals surface area contributed by atoms with Crippen molar-refractivity contribution >= 4 is 21.9 Å². The minimum Gasteiger partial charge on any atom is -0.430 e. The summed E-state index contributed by atoms with van der Waals surface area (Å²) < 4.78 is 4.98. The van der Waals surface area contributed by atoms with Gasteiger partial charge in [-0.2, -0.15) is 0 Å². The van der Waals surface area contributed by atoms with E-state index in [0.717, 1.165) is 18.6 Å². The van der Waals surface area contributed by atoms with Crippen molar-refractivity contribution in [3.05, 3.63) is 11.8 Å². The van der Waals surface area contributed by atoms with E-state index < -0.39 is 0 Å². The molecule has 1 aliphatic rings. The van der Waals surface area contributed by atoms with Gasteiger partial charge in [0.1, 0.15) is 5.76 Å². The summed E-state index contributed by atoms with van der Waals surface area (Å²) in [6.45, 7) is 1.43. The number of hydrogen-bond acceptors (Lipinski definition) is 2. The second kappa shape index (κ2) is 3.90. The van der Waals surface area contributed by atoms with Gasteiger partial charge in [0.05, 0.1) is 4.83 Å². The maximum absolute atomic E-state index is 10.6. The van der Waals surface area contributed by atoms with Gasteiger partial charge in [-0.15, -0.1) is 0 Å². The summed E-state index contributed by atoms with van der Waals surface area (Å²) in [6, 6.07) is 0. The third kappa shape index (κ3) is 2.66. The van der Waals surface area contributed by atoms with Gasteiger partial charge in [0, 0.05) is 6.92 Å². The normalized spacial score (nSPS) is 24.2. The molecule has 2 nitrogen and oxygen atoms in total. The van der Waals surface area contributed by atoms with Crippen LogP contribution >= 0.6 is 15.9 Å². The number of alkyl halides is 1. The number of carbonyl (C=O) groups excluding carboxylic acids is 1. The van der Waals surface area contributed by atoms with E-state index in [2.05, 4.69) is 15.9 Å². The van der Waals surface area contributed by atoms with Crippen LogP contribution in [0.25, 0.3) is 0 Å². The Morgan fingerprint density at radius 2 is 2.55 bits per heavy atom. The summed E-state index contributed by atoms with van der Waals surface area (Å²) in [5.74, 6) is 0.548. The van der Waals surface area contributed by atoms with Crippen molar-refractivity contribution in [3.63, 3.8) is 0 Å². The van der Waals surface area contributed by atoms with Crippen LogP contribution in [0.5, 0.6) is 0 Å². The number of carbonyl (C=O) groups is 1. The number of halogens is 1. The topological polar surface area (TPSA) is 26.3 Å². The molecule has 1 unspecified atom stereocenters. The van der Waals surface area contributed by atoms with Crippen molar-refractivity contribution in [3.8, 4) is 0 Å². The average molecular weight is 219 g/mol. The first-order valence-electron chi connectivity index (χ1n) is 3.72. The smallest absolute Gasteiger partial charge is 0.307 e. The van der Waals surface area contributed by atoms with Crippen LogP contribution in [0.2, 0.25) is 0 Å². The van der Waals surface area contributed by atoms with Gasteiger partial charge in [0.15, 0.2) is 0 Å². The summed E-state index contributed by atoms with van der Waals surface area (Å²) in [5.41, 5.74) is 0. The Labute approximate surface area is 74.7 Å². The summed E-state index contributed by atoms with van der Waals surface area (Å²) >= 11 is 3.44. The third-order valence-corrected chi connectivity index (χ3v) is 2.49. The molecular weight excluding hydrogens is 208 g/mol. The van der Waals surface area contributed by atoms with Crippen LogP contribution < -0.4 is 0 Å². The van der Waals surface area contributed by atoms with E-state index in [9.17, 15) is 4.79 Å². The van der Waals surface area contributed by atoms with Crippen LogP contribution in [0.15, 0.2) is 11.8 Å². The predicted molar refractivity (Wildman–Crippen MR) is 46.4 cm³/mol. The van der Waals surface area contributed by atoms with Crippen LogP contribution in [-0.2, 0) is 9.53 Å². The number of rotatable bonds is 1. The second-order valence-corrected chi connectivity index (χ2v) is 3.70. The van der Waals surface area contributed by atoms with Crippen LogP contribution in [0.4, 0.5) is 0 Å². The standard InChI is InChI=1S/C8H11BrO2/c1-6(10)11-8-5-3-2-4-7(8)9/h5,7H,2-4H2,1H3. The Hall–Kier alpha value is -0.310. The van der Waals surface area contributed by atoms with Gasteiger partial charge in [0.2, 0.25) is 0 Å². The fourth-order valence-electron chi connectivity index (χ4n) is 1.08. The molecule has 0 radical (unpaired) electrons. The highest BCUT2D eigenvalue weighted by Crippen LogP contribution is 2.25. The van der Waals surface area contributed by atoms with Crippen molar-refractivity contribution in [1.82, 2.24) is 0 Å². The lowest BCUT2D eigenvalue weighted by molar-refractivity contribution is -0.137. The zero-order valence-corrected chi connectivity index (χ0v) is 8.06. The van der Waals surface area contributed by atoms with Crippen molar-refractivity contribution in [1.29, 1.82) is 0 Å². The molecule has 62 valence electrons. The Kier molecular flexibility index (Phi) is 3.12. The SMILES string of the molecule is CC(=O)OC1=CCCCC1Br. The first-order chi connectivity index (χ1) is 5.20. The van der Waals surface area contributed by atoms with E-state index in [1.54, 1.807) is 0 Å². The van der Waals surface area contributed by atoms with E-state index >= 15 is 0 Å². The molecule has 1 atom stereocenters. The molecule has 3 heteroatoms. The molecule has 0 aromatic carbocycles. The van der Waals surface area contributed by atoms with Crippen LogP contribution in [-0.4, -0.2) is 10.8 Å². The lowest BCUT2D eigenvalue weighted by atomic mass is 10.1. The molecule has 0 heterocycles. The number of allylic oxidation sites excluding steroid dienone is 2. The summed E-state index contributed by atoms with van der Waals surface area (Å²) in [4.78, 5) is 10.8. The lowest BCUT2D eigenvalue weighted by Gasteiger charge is -2.17. The molecule has 0 aromatic heterocycles. The van der Waals surface area contributed by atoms with Crippen LogP contribution in [0.1, 0.15) is 26.2 Å². The quantitative estimate of drug-likeness (QED) is 0.500. The van der Waals surface area contributed by atoms with Crippen molar-refractivity contribution in [2.45, 2.75) is 31.0 Å². The van der Waals surface area contributed by atoms with E-state index in [1.807, 2.05) is 6.08 Å². The van der Waals surface area contributed by atoms with Gasteiger partial charge < -0.3 is 4.74 Å². The highest BCUT2D eigenvalue weighted by molar-refractivity contribution is 9.09. The van der Waals surface area contributed by atoms with E-state index in [0.29, 0.717) is 0 Å². The first kappa shape index (κ1) is 8.78. The maximum Gasteiger partial charge on any atom is 0.307 e. The summed E-state index contributed by atoms with van der Waals surface area (Å²) in [6.07, 6.45) is 5.22. The van der Waals surface area contributed by atoms with Gasteiger partial charge in [-0.3, -0.25) is 4.79 Å².